The molecule has 0 aromatic carbocycles. The van der Waals surface area contributed by atoms with E-state index in [9.17, 15) is 4.79 Å². The Bertz CT molecular complexity index is 527. The highest BCUT2D eigenvalue weighted by Crippen LogP contribution is 2.50. The van der Waals surface area contributed by atoms with Gasteiger partial charge in [-0.2, -0.15) is 0 Å². The Morgan fingerprint density at radius 2 is 2.12 bits per heavy atom. The van der Waals surface area contributed by atoms with Crippen LogP contribution >= 0.6 is 0 Å². The first-order valence-electron chi connectivity index (χ1n) is 9.41. The molecule has 3 heterocycles. The van der Waals surface area contributed by atoms with E-state index < -0.39 is 0 Å². The van der Waals surface area contributed by atoms with Crippen LogP contribution < -0.4 is 0 Å². The number of fused-ring (bicyclic) bond motifs is 3. The van der Waals surface area contributed by atoms with E-state index in [1.54, 1.807) is 0 Å². The molecule has 3 fully saturated rings. The second kappa shape index (κ2) is 6.43. The smallest absolute Gasteiger partial charge is 0.311 e. The van der Waals surface area contributed by atoms with Crippen LogP contribution in [0.25, 0.3) is 0 Å². The number of allylic oxidation sites excluding steroid dienone is 2. The number of hydrogen-bond acceptors (Lipinski definition) is 5. The number of nitrogens with zero attached hydrogens (tertiary/aromatic N) is 1. The van der Waals surface area contributed by atoms with Crippen molar-refractivity contribution in [3.63, 3.8) is 0 Å². The molecule has 0 bridgehead atoms. The van der Waals surface area contributed by atoms with Crippen molar-refractivity contribution >= 4 is 5.97 Å². The predicted octanol–water partition coefficient (Wildman–Crippen LogP) is 2.15. The van der Waals surface area contributed by atoms with Gasteiger partial charge >= 0.3 is 5.97 Å². The molecule has 0 unspecified atom stereocenters. The molecule has 5 heteroatoms. The van der Waals surface area contributed by atoms with Crippen molar-refractivity contribution in [2.75, 3.05) is 32.8 Å². The molecule has 0 spiro atoms. The van der Waals surface area contributed by atoms with E-state index >= 15 is 0 Å². The molecule has 134 valence electrons. The van der Waals surface area contributed by atoms with Gasteiger partial charge < -0.3 is 14.2 Å². The number of carbonyl (C=O) groups is 1. The maximum atomic E-state index is 12.6. The van der Waals surface area contributed by atoms with Crippen LogP contribution in [-0.4, -0.2) is 61.5 Å². The van der Waals surface area contributed by atoms with Crippen molar-refractivity contribution in [2.45, 2.75) is 57.3 Å². The van der Waals surface area contributed by atoms with Crippen molar-refractivity contribution in [3.05, 3.63) is 11.6 Å². The second-order valence-electron chi connectivity index (χ2n) is 8.06. The highest BCUT2D eigenvalue weighted by Gasteiger charge is 2.62. The maximum Gasteiger partial charge on any atom is 0.311 e. The molecule has 0 amide bonds. The fraction of sp³-hybridized carbons (Fsp3) is 0.842. The molecule has 4 aliphatic rings. The van der Waals surface area contributed by atoms with E-state index in [0.717, 1.165) is 58.5 Å². The lowest BCUT2D eigenvalue weighted by Crippen LogP contribution is -2.42. The fourth-order valence-corrected chi connectivity index (χ4v) is 4.61. The molecule has 0 radical (unpaired) electrons. The van der Waals surface area contributed by atoms with Crippen molar-refractivity contribution < 1.29 is 19.0 Å². The van der Waals surface area contributed by atoms with Gasteiger partial charge in [0.2, 0.25) is 0 Å². The molecule has 4 rings (SSSR count). The zero-order valence-corrected chi connectivity index (χ0v) is 14.8. The van der Waals surface area contributed by atoms with Gasteiger partial charge in [-0.3, -0.25) is 9.69 Å². The predicted molar refractivity (Wildman–Crippen MR) is 89.6 cm³/mol. The minimum absolute atomic E-state index is 0.0183. The van der Waals surface area contributed by atoms with Crippen molar-refractivity contribution in [1.82, 2.24) is 4.90 Å². The Labute approximate surface area is 144 Å². The minimum Gasteiger partial charge on any atom is -0.459 e. The zero-order chi connectivity index (χ0) is 16.7. The van der Waals surface area contributed by atoms with Crippen LogP contribution in [0.1, 0.15) is 39.5 Å². The molecule has 5 atom stereocenters. The van der Waals surface area contributed by atoms with Crippen LogP contribution in [0.15, 0.2) is 11.6 Å². The first-order valence-corrected chi connectivity index (χ1v) is 9.41. The van der Waals surface area contributed by atoms with Gasteiger partial charge in [-0.25, -0.2) is 0 Å². The molecule has 0 aromatic heterocycles. The topological polar surface area (TPSA) is 51.3 Å². The normalized spacial score (nSPS) is 45.6. The standard InChI is InChI=1S/C19H29NO4/c1-13-4-3-7-19(2)17(24-19)16-14(6-5-13)15(18(21)23-16)12-20-8-10-22-11-9-20/h4,14-17H,3,5-12H2,1-2H3/b13-4+/t14-,15-,16-,17+,19+/m0/s1. The maximum absolute atomic E-state index is 12.6. The number of rotatable bonds is 2. The van der Waals surface area contributed by atoms with Gasteiger partial charge in [-0.1, -0.05) is 11.6 Å². The number of carbonyl (C=O) groups excluding carboxylic acids is 1. The Morgan fingerprint density at radius 3 is 2.92 bits per heavy atom. The molecule has 3 aliphatic heterocycles. The van der Waals surface area contributed by atoms with Crippen molar-refractivity contribution in [2.24, 2.45) is 11.8 Å². The SMILES string of the molecule is C/C1=C\CC[C@@]2(C)O[C@@H]2[C@H]2OC(=O)[C@@H](CN3CCOCC3)[C@@H]2CC1. The van der Waals surface area contributed by atoms with E-state index in [0.29, 0.717) is 0 Å². The number of esters is 1. The first-order chi connectivity index (χ1) is 11.6. The van der Waals surface area contributed by atoms with Crippen LogP contribution in [0, 0.1) is 11.8 Å². The zero-order valence-electron chi connectivity index (χ0n) is 14.8. The molecular formula is C19H29NO4. The van der Waals surface area contributed by atoms with E-state index in [1.165, 1.54) is 5.57 Å². The molecule has 5 nitrogen and oxygen atoms in total. The summed E-state index contributed by atoms with van der Waals surface area (Å²) >= 11 is 0. The first kappa shape index (κ1) is 16.6. The Morgan fingerprint density at radius 1 is 1.33 bits per heavy atom. The second-order valence-corrected chi connectivity index (χ2v) is 8.06. The summed E-state index contributed by atoms with van der Waals surface area (Å²) in [5, 5.41) is 0. The summed E-state index contributed by atoms with van der Waals surface area (Å²) in [6.07, 6.45) is 6.53. The van der Waals surface area contributed by atoms with Gasteiger partial charge in [0, 0.05) is 25.6 Å². The highest BCUT2D eigenvalue weighted by atomic mass is 16.6. The van der Waals surface area contributed by atoms with Gasteiger partial charge in [-0.05, 0) is 39.5 Å². The van der Waals surface area contributed by atoms with Gasteiger partial charge in [0.15, 0.2) is 0 Å². The average Bonchev–Trinajstić information content (AvgIpc) is 3.14. The molecular weight excluding hydrogens is 306 g/mol. The van der Waals surface area contributed by atoms with Gasteiger partial charge in [0.25, 0.3) is 0 Å². The molecule has 1 aliphatic carbocycles. The third kappa shape index (κ3) is 3.14. The lowest BCUT2D eigenvalue weighted by molar-refractivity contribution is -0.145. The van der Waals surface area contributed by atoms with Crippen LogP contribution in [0.3, 0.4) is 0 Å². The highest BCUT2D eigenvalue weighted by molar-refractivity contribution is 5.75. The quantitative estimate of drug-likeness (QED) is 0.440. The lowest BCUT2D eigenvalue weighted by atomic mass is 9.80. The largest absolute Gasteiger partial charge is 0.459 e. The van der Waals surface area contributed by atoms with Crippen LogP contribution in [0.2, 0.25) is 0 Å². The van der Waals surface area contributed by atoms with Crippen molar-refractivity contribution in [3.8, 4) is 0 Å². The molecule has 3 saturated heterocycles. The van der Waals surface area contributed by atoms with E-state index in [2.05, 4.69) is 24.8 Å². The van der Waals surface area contributed by atoms with Gasteiger partial charge in [0.1, 0.15) is 12.2 Å². The van der Waals surface area contributed by atoms with Crippen molar-refractivity contribution in [1.29, 1.82) is 0 Å². The summed E-state index contributed by atoms with van der Waals surface area (Å²) in [6.45, 7) is 8.54. The van der Waals surface area contributed by atoms with Gasteiger partial charge in [0.05, 0.1) is 24.7 Å². The summed E-state index contributed by atoms with van der Waals surface area (Å²) in [4.78, 5) is 15.0. The summed E-state index contributed by atoms with van der Waals surface area (Å²) in [6, 6.07) is 0. The Hall–Kier alpha value is -0.910. The molecule has 0 aromatic rings. The lowest BCUT2D eigenvalue weighted by Gasteiger charge is -2.30. The van der Waals surface area contributed by atoms with Crippen LogP contribution in [-0.2, 0) is 19.0 Å². The van der Waals surface area contributed by atoms with Gasteiger partial charge in [-0.15, -0.1) is 0 Å². The number of epoxide rings is 1. The third-order valence-corrected chi connectivity index (χ3v) is 6.30. The van der Waals surface area contributed by atoms with E-state index in [-0.39, 0.29) is 35.6 Å². The van der Waals surface area contributed by atoms with E-state index in [4.69, 9.17) is 14.2 Å². The summed E-state index contributed by atoms with van der Waals surface area (Å²) in [7, 11) is 0. The van der Waals surface area contributed by atoms with Crippen LogP contribution in [0.5, 0.6) is 0 Å². The third-order valence-electron chi connectivity index (χ3n) is 6.30. The Balaban J connectivity index is 1.52. The number of hydrogen-bond donors (Lipinski definition) is 0. The fourth-order valence-electron chi connectivity index (χ4n) is 4.61. The Kier molecular flexibility index (Phi) is 4.43. The molecule has 0 saturated carbocycles. The molecule has 24 heavy (non-hydrogen) atoms. The summed E-state index contributed by atoms with van der Waals surface area (Å²) < 4.78 is 17.3. The number of morpholine rings is 1. The van der Waals surface area contributed by atoms with E-state index in [1.807, 2.05) is 0 Å². The van der Waals surface area contributed by atoms with Crippen LogP contribution in [0.4, 0.5) is 0 Å². The molecule has 0 N–H and O–H groups in total. The number of ether oxygens (including phenoxy) is 3. The minimum atomic E-state index is -0.106. The summed E-state index contributed by atoms with van der Waals surface area (Å²) in [5.74, 6) is 0.234. The monoisotopic (exact) mass is 335 g/mol. The summed E-state index contributed by atoms with van der Waals surface area (Å²) in [5.41, 5.74) is 1.33. The average molecular weight is 335 g/mol.